The summed E-state index contributed by atoms with van der Waals surface area (Å²) >= 11 is 6.11. The SMILES string of the molecule is CN(C)CC/C=C(/c1cccc(Cl)c1)c1ccccn1. The van der Waals surface area contributed by atoms with Gasteiger partial charge >= 0.3 is 0 Å². The lowest BCUT2D eigenvalue weighted by Gasteiger charge is -2.10. The molecular weight excluding hydrogens is 268 g/mol. The van der Waals surface area contributed by atoms with Crippen molar-refractivity contribution in [3.63, 3.8) is 0 Å². The van der Waals surface area contributed by atoms with Gasteiger partial charge in [0.15, 0.2) is 0 Å². The van der Waals surface area contributed by atoms with Crippen LogP contribution in [-0.2, 0) is 0 Å². The molecule has 0 aliphatic rings. The molecule has 0 atom stereocenters. The summed E-state index contributed by atoms with van der Waals surface area (Å²) in [5, 5.41) is 0.747. The van der Waals surface area contributed by atoms with Crippen LogP contribution in [-0.4, -0.2) is 30.5 Å². The standard InChI is InChI=1S/C17H19ClN2/c1-20(2)12-6-9-16(17-10-3-4-11-19-17)14-7-5-8-15(18)13-14/h3-5,7-11,13H,6,12H2,1-2H3/b16-9-. The van der Waals surface area contributed by atoms with Gasteiger partial charge in [-0.2, -0.15) is 0 Å². The van der Waals surface area contributed by atoms with Crippen molar-refractivity contribution in [2.45, 2.75) is 6.42 Å². The van der Waals surface area contributed by atoms with Gasteiger partial charge in [0, 0.05) is 23.3 Å². The fourth-order valence-electron chi connectivity index (χ4n) is 2.02. The minimum absolute atomic E-state index is 0.747. The number of hydrogen-bond acceptors (Lipinski definition) is 2. The van der Waals surface area contributed by atoms with Crippen molar-refractivity contribution >= 4 is 17.2 Å². The molecule has 2 aromatic rings. The molecule has 0 saturated heterocycles. The molecule has 20 heavy (non-hydrogen) atoms. The van der Waals surface area contributed by atoms with Crippen LogP contribution in [0, 0.1) is 0 Å². The molecule has 0 saturated carbocycles. The molecule has 1 aromatic heterocycles. The summed E-state index contributed by atoms with van der Waals surface area (Å²) < 4.78 is 0. The van der Waals surface area contributed by atoms with Crippen molar-refractivity contribution in [1.82, 2.24) is 9.88 Å². The van der Waals surface area contributed by atoms with Crippen molar-refractivity contribution in [3.05, 3.63) is 71.0 Å². The first-order valence-electron chi connectivity index (χ1n) is 6.69. The highest BCUT2D eigenvalue weighted by molar-refractivity contribution is 6.30. The summed E-state index contributed by atoms with van der Waals surface area (Å²) in [6.45, 7) is 1.01. The second-order valence-electron chi connectivity index (χ2n) is 4.94. The van der Waals surface area contributed by atoms with Crippen molar-refractivity contribution in [3.8, 4) is 0 Å². The van der Waals surface area contributed by atoms with E-state index in [1.807, 2.05) is 42.6 Å². The van der Waals surface area contributed by atoms with Crippen LogP contribution in [0.15, 0.2) is 54.7 Å². The number of halogens is 1. The minimum Gasteiger partial charge on any atom is -0.309 e. The number of aromatic nitrogens is 1. The van der Waals surface area contributed by atoms with Crippen molar-refractivity contribution < 1.29 is 0 Å². The summed E-state index contributed by atoms with van der Waals surface area (Å²) in [5.41, 5.74) is 3.22. The van der Waals surface area contributed by atoms with Crippen LogP contribution in [0.25, 0.3) is 5.57 Å². The highest BCUT2D eigenvalue weighted by Gasteiger charge is 2.06. The molecule has 0 amide bonds. The average Bonchev–Trinajstić information content (AvgIpc) is 2.44. The summed E-state index contributed by atoms with van der Waals surface area (Å²) in [4.78, 5) is 6.63. The predicted molar refractivity (Wildman–Crippen MR) is 85.9 cm³/mol. The topological polar surface area (TPSA) is 16.1 Å². The van der Waals surface area contributed by atoms with Gasteiger partial charge in [-0.05, 0) is 50.3 Å². The minimum atomic E-state index is 0.747. The molecule has 1 aromatic carbocycles. The van der Waals surface area contributed by atoms with Crippen LogP contribution in [0.5, 0.6) is 0 Å². The Labute approximate surface area is 125 Å². The summed E-state index contributed by atoms with van der Waals surface area (Å²) in [6, 6.07) is 13.9. The first-order chi connectivity index (χ1) is 9.66. The Balaban J connectivity index is 2.34. The molecule has 0 aliphatic heterocycles. The van der Waals surface area contributed by atoms with Crippen molar-refractivity contribution in [2.24, 2.45) is 0 Å². The summed E-state index contributed by atoms with van der Waals surface area (Å²) in [7, 11) is 4.15. The maximum Gasteiger partial charge on any atom is 0.0704 e. The Bertz CT molecular complexity index is 577. The largest absolute Gasteiger partial charge is 0.309 e. The Kier molecular flexibility index (Phi) is 5.33. The molecule has 0 N–H and O–H groups in total. The third-order valence-corrected chi connectivity index (χ3v) is 3.24. The maximum atomic E-state index is 6.11. The lowest BCUT2D eigenvalue weighted by molar-refractivity contribution is 0.417. The van der Waals surface area contributed by atoms with E-state index in [1.165, 1.54) is 0 Å². The average molecular weight is 287 g/mol. The zero-order valence-corrected chi connectivity index (χ0v) is 12.6. The van der Waals surface area contributed by atoms with Gasteiger partial charge in [0.25, 0.3) is 0 Å². The Morgan fingerprint density at radius 3 is 2.70 bits per heavy atom. The molecule has 0 radical (unpaired) electrons. The molecule has 3 heteroatoms. The Hall–Kier alpha value is -1.64. The van der Waals surface area contributed by atoms with Gasteiger partial charge in [-0.25, -0.2) is 0 Å². The molecule has 0 spiro atoms. The molecule has 0 bridgehead atoms. The van der Waals surface area contributed by atoms with Crippen molar-refractivity contribution in [2.75, 3.05) is 20.6 Å². The quantitative estimate of drug-likeness (QED) is 0.822. The molecule has 2 rings (SSSR count). The third-order valence-electron chi connectivity index (χ3n) is 3.00. The van der Waals surface area contributed by atoms with Gasteiger partial charge in [0.2, 0.25) is 0 Å². The molecule has 0 fully saturated rings. The Morgan fingerprint density at radius 1 is 1.20 bits per heavy atom. The van der Waals surface area contributed by atoms with Gasteiger partial charge in [0.1, 0.15) is 0 Å². The second kappa shape index (κ2) is 7.22. The molecule has 0 unspecified atom stereocenters. The van der Waals surface area contributed by atoms with E-state index in [9.17, 15) is 0 Å². The lowest BCUT2D eigenvalue weighted by atomic mass is 10.0. The van der Waals surface area contributed by atoms with Gasteiger partial charge in [-0.1, -0.05) is 35.9 Å². The smallest absolute Gasteiger partial charge is 0.0704 e. The van der Waals surface area contributed by atoms with E-state index in [2.05, 4.69) is 36.1 Å². The second-order valence-corrected chi connectivity index (χ2v) is 5.37. The van der Waals surface area contributed by atoms with E-state index in [4.69, 9.17) is 11.6 Å². The monoisotopic (exact) mass is 286 g/mol. The predicted octanol–water partition coefficient (Wildman–Crippen LogP) is 4.12. The number of pyridine rings is 1. The number of rotatable bonds is 5. The normalized spacial score (nSPS) is 11.9. The van der Waals surface area contributed by atoms with Crippen LogP contribution >= 0.6 is 11.6 Å². The first-order valence-corrected chi connectivity index (χ1v) is 7.07. The zero-order valence-electron chi connectivity index (χ0n) is 11.9. The van der Waals surface area contributed by atoms with E-state index in [-0.39, 0.29) is 0 Å². The lowest BCUT2D eigenvalue weighted by Crippen LogP contribution is -2.12. The summed E-state index contributed by atoms with van der Waals surface area (Å²) in [6.07, 6.45) is 5.03. The third kappa shape index (κ3) is 4.19. The molecule has 2 nitrogen and oxygen atoms in total. The van der Waals surface area contributed by atoms with E-state index in [0.29, 0.717) is 0 Å². The van der Waals surface area contributed by atoms with Crippen LogP contribution in [0.1, 0.15) is 17.7 Å². The number of nitrogens with zero attached hydrogens (tertiary/aromatic N) is 2. The van der Waals surface area contributed by atoms with E-state index < -0.39 is 0 Å². The fourth-order valence-corrected chi connectivity index (χ4v) is 2.21. The first kappa shape index (κ1) is 14.8. The fraction of sp³-hybridized carbons (Fsp3) is 0.235. The molecule has 0 aliphatic carbocycles. The number of benzene rings is 1. The van der Waals surface area contributed by atoms with Gasteiger partial charge in [-0.15, -0.1) is 0 Å². The molecule has 1 heterocycles. The van der Waals surface area contributed by atoms with E-state index in [0.717, 1.165) is 34.8 Å². The maximum absolute atomic E-state index is 6.11. The van der Waals surface area contributed by atoms with Crippen LogP contribution in [0.3, 0.4) is 0 Å². The van der Waals surface area contributed by atoms with Gasteiger partial charge in [-0.3, -0.25) is 4.98 Å². The van der Waals surface area contributed by atoms with Crippen LogP contribution in [0.4, 0.5) is 0 Å². The Morgan fingerprint density at radius 2 is 2.05 bits per heavy atom. The van der Waals surface area contributed by atoms with Gasteiger partial charge in [0.05, 0.1) is 5.69 Å². The van der Waals surface area contributed by atoms with E-state index >= 15 is 0 Å². The highest BCUT2D eigenvalue weighted by atomic mass is 35.5. The van der Waals surface area contributed by atoms with Crippen LogP contribution < -0.4 is 0 Å². The van der Waals surface area contributed by atoms with Gasteiger partial charge < -0.3 is 4.90 Å². The van der Waals surface area contributed by atoms with E-state index in [1.54, 1.807) is 0 Å². The molecular formula is C17H19ClN2. The van der Waals surface area contributed by atoms with Crippen molar-refractivity contribution in [1.29, 1.82) is 0 Å². The zero-order chi connectivity index (χ0) is 14.4. The molecule has 104 valence electrons. The summed E-state index contributed by atoms with van der Waals surface area (Å²) in [5.74, 6) is 0. The number of hydrogen-bond donors (Lipinski definition) is 0. The highest BCUT2D eigenvalue weighted by Crippen LogP contribution is 2.24. The van der Waals surface area contributed by atoms with Crippen LogP contribution in [0.2, 0.25) is 5.02 Å².